The van der Waals surface area contributed by atoms with Gasteiger partial charge in [0.05, 0.1) is 24.1 Å². The number of furan rings is 1. The minimum absolute atomic E-state index is 0.109. The number of rotatable bonds is 5. The first-order chi connectivity index (χ1) is 13.8. The SMILES string of the molecule is O=C(NC[C@H](c1ccoc1)N1CCSCC1)C(=O)Nc1ccc(C(F)(F)F)cc1. The fourth-order valence-electron chi connectivity index (χ4n) is 3.01. The molecule has 2 aromatic rings. The number of hydrogen-bond acceptors (Lipinski definition) is 5. The molecule has 1 aliphatic heterocycles. The maximum Gasteiger partial charge on any atom is 0.416 e. The lowest BCUT2D eigenvalue weighted by Gasteiger charge is -2.33. The Morgan fingerprint density at radius 1 is 1.10 bits per heavy atom. The summed E-state index contributed by atoms with van der Waals surface area (Å²) in [6.45, 7) is 1.92. The molecule has 0 bridgehead atoms. The third kappa shape index (κ3) is 5.77. The highest BCUT2D eigenvalue weighted by atomic mass is 32.2. The van der Waals surface area contributed by atoms with Gasteiger partial charge in [0.15, 0.2) is 0 Å². The van der Waals surface area contributed by atoms with Gasteiger partial charge < -0.3 is 15.1 Å². The molecule has 2 amide bonds. The van der Waals surface area contributed by atoms with Crippen LogP contribution in [0.4, 0.5) is 18.9 Å². The Kier molecular flexibility index (Phi) is 6.86. The third-order valence-electron chi connectivity index (χ3n) is 4.55. The van der Waals surface area contributed by atoms with Gasteiger partial charge in [0.25, 0.3) is 0 Å². The number of carbonyl (C=O) groups excluding carboxylic acids is 2. The Morgan fingerprint density at radius 2 is 1.79 bits per heavy atom. The Balaban J connectivity index is 1.57. The summed E-state index contributed by atoms with van der Waals surface area (Å²) in [5.41, 5.74) is 0.181. The largest absolute Gasteiger partial charge is 0.472 e. The maximum absolute atomic E-state index is 12.6. The Morgan fingerprint density at radius 3 is 2.38 bits per heavy atom. The van der Waals surface area contributed by atoms with Crippen molar-refractivity contribution in [3.63, 3.8) is 0 Å². The van der Waals surface area contributed by atoms with Crippen molar-refractivity contribution < 1.29 is 27.2 Å². The van der Waals surface area contributed by atoms with Crippen molar-refractivity contribution in [1.29, 1.82) is 0 Å². The van der Waals surface area contributed by atoms with Gasteiger partial charge in [0.2, 0.25) is 0 Å². The van der Waals surface area contributed by atoms with Gasteiger partial charge in [-0.2, -0.15) is 24.9 Å². The molecular formula is C19H20F3N3O3S. The van der Waals surface area contributed by atoms with Crippen molar-refractivity contribution in [2.45, 2.75) is 12.2 Å². The van der Waals surface area contributed by atoms with Crippen molar-refractivity contribution >= 4 is 29.3 Å². The standard InChI is InChI=1S/C19H20F3N3O3S/c20-19(21,22)14-1-3-15(4-2-14)24-18(27)17(26)23-11-16(13-5-8-28-12-13)25-6-9-29-10-7-25/h1-5,8,12,16H,6-7,9-11H2,(H,23,26)(H,24,27)/t16-/m1/s1. The van der Waals surface area contributed by atoms with Crippen molar-refractivity contribution in [2.75, 3.05) is 36.5 Å². The van der Waals surface area contributed by atoms with E-state index in [0.29, 0.717) is 0 Å². The average molecular weight is 427 g/mol. The van der Waals surface area contributed by atoms with Crippen LogP contribution in [0.15, 0.2) is 47.3 Å². The van der Waals surface area contributed by atoms with Crippen LogP contribution in [0, 0.1) is 0 Å². The van der Waals surface area contributed by atoms with Crippen molar-refractivity contribution in [3.05, 3.63) is 54.0 Å². The zero-order chi connectivity index (χ0) is 20.9. The van der Waals surface area contributed by atoms with E-state index in [4.69, 9.17) is 4.42 Å². The number of alkyl halides is 3. The molecule has 1 aromatic heterocycles. The van der Waals surface area contributed by atoms with Crippen molar-refractivity contribution in [2.24, 2.45) is 0 Å². The smallest absolute Gasteiger partial charge is 0.416 e. The van der Waals surface area contributed by atoms with Gasteiger partial charge >= 0.3 is 18.0 Å². The summed E-state index contributed by atoms with van der Waals surface area (Å²) in [5, 5.41) is 4.91. The van der Waals surface area contributed by atoms with Crippen LogP contribution in [0.3, 0.4) is 0 Å². The molecule has 3 rings (SSSR count). The zero-order valence-electron chi connectivity index (χ0n) is 15.4. The lowest BCUT2D eigenvalue weighted by atomic mass is 10.1. The molecule has 1 fully saturated rings. The molecule has 2 N–H and O–H groups in total. The second-order valence-electron chi connectivity index (χ2n) is 6.46. The predicted octanol–water partition coefficient (Wildman–Crippen LogP) is 3.14. The normalized spacial score (nSPS) is 16.2. The van der Waals surface area contributed by atoms with E-state index in [2.05, 4.69) is 15.5 Å². The number of nitrogens with one attached hydrogen (secondary N) is 2. The molecule has 0 aliphatic carbocycles. The van der Waals surface area contributed by atoms with E-state index >= 15 is 0 Å². The molecule has 1 atom stereocenters. The maximum atomic E-state index is 12.6. The third-order valence-corrected chi connectivity index (χ3v) is 5.49. The van der Waals surface area contributed by atoms with E-state index in [1.807, 2.05) is 17.8 Å². The highest BCUT2D eigenvalue weighted by Gasteiger charge is 2.30. The number of halogens is 3. The van der Waals surface area contributed by atoms with Crippen molar-refractivity contribution in [3.8, 4) is 0 Å². The molecule has 0 saturated carbocycles. The van der Waals surface area contributed by atoms with Gasteiger partial charge in [-0.1, -0.05) is 0 Å². The minimum Gasteiger partial charge on any atom is -0.472 e. The summed E-state index contributed by atoms with van der Waals surface area (Å²) in [7, 11) is 0. The van der Waals surface area contributed by atoms with E-state index in [-0.39, 0.29) is 18.3 Å². The van der Waals surface area contributed by atoms with Crippen LogP contribution in [0.25, 0.3) is 0 Å². The van der Waals surface area contributed by atoms with Gasteiger partial charge in [-0.3, -0.25) is 14.5 Å². The molecule has 1 saturated heterocycles. The molecule has 6 nitrogen and oxygen atoms in total. The molecule has 29 heavy (non-hydrogen) atoms. The molecule has 1 aliphatic rings. The number of hydrogen-bond donors (Lipinski definition) is 2. The van der Waals surface area contributed by atoms with Crippen LogP contribution < -0.4 is 10.6 Å². The Bertz CT molecular complexity index is 819. The lowest BCUT2D eigenvalue weighted by molar-refractivity contribution is -0.137. The fraction of sp³-hybridized carbons (Fsp3) is 0.368. The fourth-order valence-corrected chi connectivity index (χ4v) is 3.94. The second kappa shape index (κ2) is 9.36. The lowest BCUT2D eigenvalue weighted by Crippen LogP contribution is -2.44. The summed E-state index contributed by atoms with van der Waals surface area (Å²) < 4.78 is 42.9. The van der Waals surface area contributed by atoms with Crippen LogP contribution in [0.1, 0.15) is 17.2 Å². The molecule has 1 aromatic carbocycles. The van der Waals surface area contributed by atoms with E-state index in [9.17, 15) is 22.8 Å². The molecule has 0 radical (unpaired) electrons. The molecule has 156 valence electrons. The van der Waals surface area contributed by atoms with Crippen LogP contribution in [0.5, 0.6) is 0 Å². The quantitative estimate of drug-likeness (QED) is 0.718. The molecule has 0 spiro atoms. The van der Waals surface area contributed by atoms with Gasteiger partial charge in [-0.15, -0.1) is 0 Å². The van der Waals surface area contributed by atoms with Crippen LogP contribution in [-0.4, -0.2) is 47.9 Å². The summed E-state index contributed by atoms with van der Waals surface area (Å²) in [4.78, 5) is 26.5. The van der Waals surface area contributed by atoms with E-state index in [1.54, 1.807) is 12.5 Å². The van der Waals surface area contributed by atoms with Gasteiger partial charge in [-0.25, -0.2) is 0 Å². The Hall–Kier alpha value is -2.46. The molecular weight excluding hydrogens is 407 g/mol. The molecule has 10 heteroatoms. The topological polar surface area (TPSA) is 74.6 Å². The Labute approximate surface area is 169 Å². The number of thioether (sulfide) groups is 1. The zero-order valence-corrected chi connectivity index (χ0v) is 16.2. The molecule has 0 unspecified atom stereocenters. The highest BCUT2D eigenvalue weighted by Crippen LogP contribution is 2.29. The second-order valence-corrected chi connectivity index (χ2v) is 7.68. The number of anilines is 1. The number of amides is 2. The van der Waals surface area contributed by atoms with Crippen LogP contribution in [0.2, 0.25) is 0 Å². The van der Waals surface area contributed by atoms with Gasteiger partial charge in [-0.05, 0) is 30.3 Å². The first-order valence-corrected chi connectivity index (χ1v) is 10.1. The monoisotopic (exact) mass is 427 g/mol. The minimum atomic E-state index is -4.46. The van der Waals surface area contributed by atoms with E-state index < -0.39 is 23.6 Å². The molecule has 2 heterocycles. The average Bonchev–Trinajstić information content (AvgIpc) is 3.23. The van der Waals surface area contributed by atoms with Crippen LogP contribution in [-0.2, 0) is 15.8 Å². The van der Waals surface area contributed by atoms with E-state index in [1.165, 1.54) is 0 Å². The highest BCUT2D eigenvalue weighted by molar-refractivity contribution is 7.99. The summed E-state index contributed by atoms with van der Waals surface area (Å²) >= 11 is 1.86. The first kappa shape index (κ1) is 21.3. The van der Waals surface area contributed by atoms with Gasteiger partial charge in [0, 0.05) is 42.4 Å². The number of benzene rings is 1. The number of carbonyl (C=O) groups is 2. The van der Waals surface area contributed by atoms with E-state index in [0.717, 1.165) is 54.4 Å². The predicted molar refractivity (Wildman–Crippen MR) is 103 cm³/mol. The van der Waals surface area contributed by atoms with Crippen molar-refractivity contribution in [1.82, 2.24) is 10.2 Å². The van der Waals surface area contributed by atoms with Crippen LogP contribution >= 0.6 is 11.8 Å². The first-order valence-electron chi connectivity index (χ1n) is 8.95. The summed E-state index contributed by atoms with van der Waals surface area (Å²) in [6.07, 6.45) is -1.30. The summed E-state index contributed by atoms with van der Waals surface area (Å²) in [6, 6.07) is 5.59. The number of nitrogens with zero attached hydrogens (tertiary/aromatic N) is 1. The van der Waals surface area contributed by atoms with Gasteiger partial charge in [0.1, 0.15) is 0 Å². The summed E-state index contributed by atoms with van der Waals surface area (Å²) in [5.74, 6) is 0.169.